The van der Waals surface area contributed by atoms with Crippen LogP contribution < -0.4 is 0 Å². The Morgan fingerprint density at radius 1 is 1.10 bits per heavy atom. The number of carbonyl (C=O) groups is 1. The number of rotatable bonds is 3. The van der Waals surface area contributed by atoms with Gasteiger partial charge in [0.2, 0.25) is 0 Å². The Kier molecular flexibility index (Phi) is 5.22. The van der Waals surface area contributed by atoms with E-state index in [1.807, 2.05) is 36.4 Å². The zero-order valence-electron chi connectivity index (χ0n) is 13.3. The number of hydrogen-bond acceptors (Lipinski definition) is 2. The zero-order chi connectivity index (χ0) is 15.3. The van der Waals surface area contributed by atoms with Crippen molar-refractivity contribution in [1.82, 2.24) is 0 Å². The molecule has 1 aromatic carbocycles. The summed E-state index contributed by atoms with van der Waals surface area (Å²) in [5.74, 6) is 0.519. The van der Waals surface area contributed by atoms with Crippen molar-refractivity contribution in [3.63, 3.8) is 0 Å². The van der Waals surface area contributed by atoms with Crippen molar-refractivity contribution < 1.29 is 9.53 Å². The molecule has 0 amide bonds. The molecule has 0 spiro atoms. The van der Waals surface area contributed by atoms with Gasteiger partial charge in [0.15, 0.2) is 0 Å². The van der Waals surface area contributed by atoms with Crippen molar-refractivity contribution in [2.75, 3.05) is 0 Å². The van der Waals surface area contributed by atoms with E-state index in [-0.39, 0.29) is 12.1 Å². The molecule has 0 bridgehead atoms. The van der Waals surface area contributed by atoms with E-state index in [9.17, 15) is 4.79 Å². The highest BCUT2D eigenvalue weighted by molar-refractivity contribution is 5.87. The van der Waals surface area contributed by atoms with Crippen molar-refractivity contribution in [3.05, 3.63) is 42.0 Å². The number of ether oxygens (including phenoxy) is 1. The maximum absolute atomic E-state index is 11.9. The Hall–Kier alpha value is -1.57. The lowest BCUT2D eigenvalue weighted by Gasteiger charge is -2.36. The fraction of sp³-hybridized carbons (Fsp3) is 0.526. The highest BCUT2D eigenvalue weighted by atomic mass is 16.5. The van der Waals surface area contributed by atoms with E-state index in [0.29, 0.717) is 5.41 Å². The number of benzene rings is 1. The van der Waals surface area contributed by atoms with Gasteiger partial charge in [-0.2, -0.15) is 0 Å². The number of carbonyl (C=O) groups excluding carboxylic acids is 1. The Balaban J connectivity index is 1.78. The molecule has 0 aliphatic heterocycles. The molecule has 1 aliphatic rings. The molecule has 0 N–H and O–H groups in total. The average Bonchev–Trinajstić information content (AvgIpc) is 2.46. The number of hydrogen-bond donors (Lipinski definition) is 0. The molecule has 0 heterocycles. The van der Waals surface area contributed by atoms with E-state index in [2.05, 4.69) is 20.8 Å². The van der Waals surface area contributed by atoms with Gasteiger partial charge in [0.05, 0.1) is 0 Å². The van der Waals surface area contributed by atoms with Crippen LogP contribution in [0.3, 0.4) is 0 Å². The minimum Gasteiger partial charge on any atom is -0.459 e. The molecular weight excluding hydrogens is 260 g/mol. The second-order valence-electron chi connectivity index (χ2n) is 7.02. The maximum Gasteiger partial charge on any atom is 0.331 e. The number of esters is 1. The first-order valence-electron chi connectivity index (χ1n) is 7.89. The lowest BCUT2D eigenvalue weighted by atomic mass is 9.72. The predicted octanol–water partition coefficient (Wildman–Crippen LogP) is 4.85. The van der Waals surface area contributed by atoms with E-state index in [1.54, 1.807) is 0 Å². The standard InChI is InChI=1S/C19H26O2/c1-19(2,3)16-10-12-17(13-11-16)21-18(20)14-9-15-7-5-4-6-8-15/h4-9,14,16-17H,10-13H2,1-3H3/b14-9+. The molecule has 2 rings (SSSR count). The molecule has 21 heavy (non-hydrogen) atoms. The predicted molar refractivity (Wildman–Crippen MR) is 86.8 cm³/mol. The Bertz CT molecular complexity index is 474. The second kappa shape index (κ2) is 6.93. The third-order valence-corrected chi connectivity index (χ3v) is 4.39. The van der Waals surface area contributed by atoms with E-state index >= 15 is 0 Å². The van der Waals surface area contributed by atoms with Crippen LogP contribution in [0.15, 0.2) is 36.4 Å². The largest absolute Gasteiger partial charge is 0.459 e. The molecule has 2 heteroatoms. The van der Waals surface area contributed by atoms with Gasteiger partial charge >= 0.3 is 5.97 Å². The molecule has 0 atom stereocenters. The smallest absolute Gasteiger partial charge is 0.331 e. The lowest BCUT2D eigenvalue weighted by Crippen LogP contribution is -2.30. The maximum atomic E-state index is 11.9. The Labute approximate surface area is 128 Å². The molecule has 2 nitrogen and oxygen atoms in total. The molecule has 1 aliphatic carbocycles. The molecule has 114 valence electrons. The van der Waals surface area contributed by atoms with Crippen molar-refractivity contribution >= 4 is 12.0 Å². The van der Waals surface area contributed by atoms with Crippen molar-refractivity contribution in [1.29, 1.82) is 0 Å². The van der Waals surface area contributed by atoms with Crippen LogP contribution in [0.1, 0.15) is 52.0 Å². The minimum absolute atomic E-state index is 0.0940. The SMILES string of the molecule is CC(C)(C)C1CCC(OC(=O)/C=C/c2ccccc2)CC1. The fourth-order valence-electron chi connectivity index (χ4n) is 2.98. The van der Waals surface area contributed by atoms with Crippen molar-refractivity contribution in [2.45, 2.75) is 52.6 Å². The first-order chi connectivity index (χ1) is 9.95. The molecule has 1 fully saturated rings. The molecule has 0 saturated heterocycles. The van der Waals surface area contributed by atoms with Gasteiger partial charge < -0.3 is 4.74 Å². The first-order valence-corrected chi connectivity index (χ1v) is 7.89. The summed E-state index contributed by atoms with van der Waals surface area (Å²) in [6.45, 7) is 6.89. The van der Waals surface area contributed by atoms with Crippen LogP contribution >= 0.6 is 0 Å². The highest BCUT2D eigenvalue weighted by Gasteiger charge is 2.30. The summed E-state index contributed by atoms with van der Waals surface area (Å²) in [5.41, 5.74) is 1.38. The summed E-state index contributed by atoms with van der Waals surface area (Å²) < 4.78 is 5.55. The summed E-state index contributed by atoms with van der Waals surface area (Å²) in [4.78, 5) is 11.9. The molecule has 1 saturated carbocycles. The molecule has 0 aromatic heterocycles. The molecular formula is C19H26O2. The third-order valence-electron chi connectivity index (χ3n) is 4.39. The topological polar surface area (TPSA) is 26.3 Å². The van der Waals surface area contributed by atoms with Gasteiger partial charge in [-0.3, -0.25) is 0 Å². The zero-order valence-corrected chi connectivity index (χ0v) is 13.3. The summed E-state index contributed by atoms with van der Waals surface area (Å²) in [7, 11) is 0. The van der Waals surface area contributed by atoms with E-state index in [1.165, 1.54) is 6.08 Å². The van der Waals surface area contributed by atoms with Gasteiger partial charge in [-0.15, -0.1) is 0 Å². The van der Waals surface area contributed by atoms with Gasteiger partial charge in [-0.25, -0.2) is 4.79 Å². The van der Waals surface area contributed by atoms with E-state index in [4.69, 9.17) is 4.74 Å². The van der Waals surface area contributed by atoms with Gasteiger partial charge in [0, 0.05) is 6.08 Å². The van der Waals surface area contributed by atoms with Gasteiger partial charge in [0.1, 0.15) is 6.10 Å². The molecule has 0 radical (unpaired) electrons. The summed E-state index contributed by atoms with van der Waals surface area (Å²) >= 11 is 0. The van der Waals surface area contributed by atoms with Crippen LogP contribution in [0.5, 0.6) is 0 Å². The van der Waals surface area contributed by atoms with Crippen LogP contribution in [0, 0.1) is 11.3 Å². The average molecular weight is 286 g/mol. The molecule has 0 unspecified atom stereocenters. The molecule has 1 aromatic rings. The highest BCUT2D eigenvalue weighted by Crippen LogP contribution is 2.38. The fourth-order valence-corrected chi connectivity index (χ4v) is 2.98. The van der Waals surface area contributed by atoms with Crippen LogP contribution in [-0.2, 0) is 9.53 Å². The quantitative estimate of drug-likeness (QED) is 0.586. The van der Waals surface area contributed by atoms with Gasteiger partial charge in [-0.1, -0.05) is 51.1 Å². The third kappa shape index (κ3) is 5.04. The van der Waals surface area contributed by atoms with Crippen molar-refractivity contribution in [3.8, 4) is 0 Å². The van der Waals surface area contributed by atoms with Gasteiger partial charge in [0.25, 0.3) is 0 Å². The van der Waals surface area contributed by atoms with Gasteiger partial charge in [-0.05, 0) is 48.7 Å². The first kappa shape index (κ1) is 15.8. The monoisotopic (exact) mass is 286 g/mol. The Morgan fingerprint density at radius 2 is 1.71 bits per heavy atom. The normalized spacial score (nSPS) is 23.2. The van der Waals surface area contributed by atoms with Crippen LogP contribution in [-0.4, -0.2) is 12.1 Å². The summed E-state index contributed by atoms with van der Waals surface area (Å²) in [6.07, 6.45) is 7.73. The van der Waals surface area contributed by atoms with E-state index in [0.717, 1.165) is 37.2 Å². The summed E-state index contributed by atoms with van der Waals surface area (Å²) in [6, 6.07) is 9.82. The lowest BCUT2D eigenvalue weighted by molar-refractivity contribution is -0.145. The van der Waals surface area contributed by atoms with Crippen LogP contribution in [0.25, 0.3) is 6.08 Å². The van der Waals surface area contributed by atoms with Crippen LogP contribution in [0.2, 0.25) is 0 Å². The minimum atomic E-state index is -0.224. The van der Waals surface area contributed by atoms with Crippen molar-refractivity contribution in [2.24, 2.45) is 11.3 Å². The second-order valence-corrected chi connectivity index (χ2v) is 7.02. The van der Waals surface area contributed by atoms with Crippen LogP contribution in [0.4, 0.5) is 0 Å². The van der Waals surface area contributed by atoms with E-state index < -0.39 is 0 Å². The Morgan fingerprint density at radius 3 is 2.29 bits per heavy atom. The summed E-state index contributed by atoms with van der Waals surface area (Å²) in [5, 5.41) is 0.